The minimum absolute atomic E-state index is 0.0589. The molecule has 170 valence electrons. The van der Waals surface area contributed by atoms with Crippen LogP contribution in [0.15, 0.2) is 76.4 Å². The highest BCUT2D eigenvalue weighted by atomic mass is 35.5. The third-order valence-electron chi connectivity index (χ3n) is 6.17. The Hall–Kier alpha value is -3.29. The first-order valence-corrected chi connectivity index (χ1v) is 11.4. The predicted molar refractivity (Wildman–Crippen MR) is 128 cm³/mol. The fraction of sp³-hybridized carbons (Fsp3) is 0.280. The molecule has 0 bridgehead atoms. The summed E-state index contributed by atoms with van der Waals surface area (Å²) in [4.78, 5) is 17.6. The van der Waals surface area contributed by atoms with Gasteiger partial charge in [-0.1, -0.05) is 35.9 Å². The molecule has 33 heavy (non-hydrogen) atoms. The number of aromatic hydroxyl groups is 1. The van der Waals surface area contributed by atoms with Crippen LogP contribution in [0.2, 0.25) is 5.02 Å². The third kappa shape index (κ3) is 4.60. The lowest BCUT2D eigenvalue weighted by atomic mass is 10.0. The molecule has 3 heterocycles. The van der Waals surface area contributed by atoms with Gasteiger partial charge in [-0.05, 0) is 42.0 Å². The zero-order chi connectivity index (χ0) is 22.8. The van der Waals surface area contributed by atoms with Crippen LogP contribution in [0, 0.1) is 0 Å². The van der Waals surface area contributed by atoms with Gasteiger partial charge in [0.2, 0.25) is 0 Å². The third-order valence-corrected chi connectivity index (χ3v) is 6.42. The summed E-state index contributed by atoms with van der Waals surface area (Å²) in [5.41, 5.74) is 2.62. The molecule has 1 atom stereocenters. The molecule has 3 aromatic rings. The molecule has 1 aromatic heterocycles. The molecule has 1 fully saturated rings. The summed E-state index contributed by atoms with van der Waals surface area (Å²) in [6.07, 6.45) is 2.21. The fourth-order valence-electron chi connectivity index (χ4n) is 4.40. The molecule has 7 nitrogen and oxygen atoms in total. The largest absolute Gasteiger partial charge is 0.506 e. The van der Waals surface area contributed by atoms with Gasteiger partial charge < -0.3 is 14.4 Å². The van der Waals surface area contributed by atoms with Crippen LogP contribution < -0.4 is 4.90 Å². The molecular weight excluding hydrogens is 440 g/mol. The number of carbonyl (C=O) groups excluding carboxylic acids is 1. The summed E-state index contributed by atoms with van der Waals surface area (Å²) in [7, 11) is 0. The lowest BCUT2D eigenvalue weighted by molar-refractivity contribution is -0.134. The standard InChI is InChI=1S/C25H25ClN4O3/c26-19-9-7-18(8-10-19)20-16-22(24-6-3-15-33-24)30(27-20)25(32)17-28-11-13-29(14-12-28)21-4-1-2-5-23(21)31/h1-10,15,22,31H,11-14,16-17H2. The molecule has 8 heteroatoms. The lowest BCUT2D eigenvalue weighted by Gasteiger charge is -2.36. The van der Waals surface area contributed by atoms with Gasteiger partial charge in [0.15, 0.2) is 0 Å². The number of hydrogen-bond donors (Lipinski definition) is 1. The number of para-hydroxylation sites is 2. The van der Waals surface area contributed by atoms with E-state index in [4.69, 9.17) is 21.1 Å². The van der Waals surface area contributed by atoms with E-state index in [9.17, 15) is 9.90 Å². The maximum absolute atomic E-state index is 13.3. The number of amides is 1. The monoisotopic (exact) mass is 464 g/mol. The van der Waals surface area contributed by atoms with Crippen LogP contribution >= 0.6 is 11.6 Å². The molecule has 0 saturated carbocycles. The summed E-state index contributed by atoms with van der Waals surface area (Å²) in [5, 5.41) is 17.0. The fourth-order valence-corrected chi connectivity index (χ4v) is 4.53. The summed E-state index contributed by atoms with van der Waals surface area (Å²) >= 11 is 6.03. The minimum atomic E-state index is -0.263. The van der Waals surface area contributed by atoms with Crippen molar-refractivity contribution in [3.8, 4) is 5.75 Å². The SMILES string of the molecule is O=C(CN1CCN(c2ccccc2O)CC1)N1N=C(c2ccc(Cl)cc2)CC1c1ccco1. The number of halogens is 1. The number of hydrogen-bond acceptors (Lipinski definition) is 6. The Morgan fingerprint density at radius 2 is 1.79 bits per heavy atom. The topological polar surface area (TPSA) is 72.5 Å². The molecule has 0 aliphatic carbocycles. The Balaban J connectivity index is 1.28. The highest BCUT2D eigenvalue weighted by Crippen LogP contribution is 2.33. The van der Waals surface area contributed by atoms with E-state index in [0.29, 0.717) is 11.4 Å². The lowest BCUT2D eigenvalue weighted by Crippen LogP contribution is -2.49. The van der Waals surface area contributed by atoms with Crippen molar-refractivity contribution in [3.05, 3.63) is 83.3 Å². The van der Waals surface area contributed by atoms with E-state index < -0.39 is 0 Å². The Bertz CT molecular complexity index is 1140. The van der Waals surface area contributed by atoms with Gasteiger partial charge in [-0.15, -0.1) is 0 Å². The van der Waals surface area contributed by atoms with E-state index in [2.05, 4.69) is 9.80 Å². The Kier molecular flexibility index (Phi) is 6.07. The van der Waals surface area contributed by atoms with Crippen molar-refractivity contribution in [3.63, 3.8) is 0 Å². The van der Waals surface area contributed by atoms with Crippen molar-refractivity contribution in [1.82, 2.24) is 9.91 Å². The molecule has 1 unspecified atom stereocenters. The van der Waals surface area contributed by atoms with Crippen molar-refractivity contribution in [2.45, 2.75) is 12.5 Å². The van der Waals surface area contributed by atoms with Crippen LogP contribution in [0.5, 0.6) is 5.75 Å². The normalized spacial score (nSPS) is 19.1. The number of rotatable bonds is 5. The molecule has 0 spiro atoms. The maximum atomic E-state index is 13.3. The van der Waals surface area contributed by atoms with E-state index in [1.165, 1.54) is 0 Å². The first kappa shape index (κ1) is 21.6. The average Bonchev–Trinajstić information content (AvgIpc) is 3.51. The molecule has 2 aliphatic heterocycles. The van der Waals surface area contributed by atoms with Gasteiger partial charge in [0.1, 0.15) is 17.6 Å². The predicted octanol–water partition coefficient (Wildman–Crippen LogP) is 4.14. The van der Waals surface area contributed by atoms with E-state index >= 15 is 0 Å². The Morgan fingerprint density at radius 3 is 2.48 bits per heavy atom. The summed E-state index contributed by atoms with van der Waals surface area (Å²) in [6.45, 7) is 3.22. The number of piperazine rings is 1. The van der Waals surface area contributed by atoms with Crippen LogP contribution in [0.3, 0.4) is 0 Å². The molecule has 1 saturated heterocycles. The number of benzene rings is 2. The van der Waals surface area contributed by atoms with Crippen LogP contribution in [0.4, 0.5) is 5.69 Å². The number of furan rings is 1. The number of nitrogens with zero attached hydrogens (tertiary/aromatic N) is 4. The number of phenols is 1. The number of hydrazone groups is 1. The van der Waals surface area contributed by atoms with Gasteiger partial charge >= 0.3 is 0 Å². The molecule has 2 aromatic carbocycles. The van der Waals surface area contributed by atoms with E-state index in [-0.39, 0.29) is 24.2 Å². The zero-order valence-electron chi connectivity index (χ0n) is 18.1. The smallest absolute Gasteiger partial charge is 0.257 e. The van der Waals surface area contributed by atoms with Gasteiger partial charge in [-0.2, -0.15) is 5.10 Å². The zero-order valence-corrected chi connectivity index (χ0v) is 18.9. The molecular formula is C25H25ClN4O3. The quantitative estimate of drug-likeness (QED) is 0.614. The maximum Gasteiger partial charge on any atom is 0.257 e. The second-order valence-corrected chi connectivity index (χ2v) is 8.72. The number of phenolic OH excluding ortho intramolecular Hbond substituents is 1. The second-order valence-electron chi connectivity index (χ2n) is 8.28. The molecule has 2 aliphatic rings. The van der Waals surface area contributed by atoms with Gasteiger partial charge in [0, 0.05) is 37.6 Å². The van der Waals surface area contributed by atoms with Crippen molar-refractivity contribution >= 4 is 28.9 Å². The van der Waals surface area contributed by atoms with Gasteiger partial charge in [-0.3, -0.25) is 9.69 Å². The summed E-state index contributed by atoms with van der Waals surface area (Å²) in [5.74, 6) is 0.946. The van der Waals surface area contributed by atoms with E-state index in [1.807, 2.05) is 54.6 Å². The van der Waals surface area contributed by atoms with E-state index in [0.717, 1.165) is 48.9 Å². The average molecular weight is 465 g/mol. The number of anilines is 1. The van der Waals surface area contributed by atoms with Crippen LogP contribution in [-0.2, 0) is 4.79 Å². The first-order chi connectivity index (χ1) is 16.1. The van der Waals surface area contributed by atoms with Crippen LogP contribution in [0.1, 0.15) is 23.8 Å². The Labute approximate surface area is 197 Å². The van der Waals surface area contributed by atoms with Crippen molar-refractivity contribution in [2.75, 3.05) is 37.6 Å². The van der Waals surface area contributed by atoms with Gasteiger partial charge in [-0.25, -0.2) is 5.01 Å². The molecule has 1 N–H and O–H groups in total. The van der Waals surface area contributed by atoms with Gasteiger partial charge in [0.05, 0.1) is 24.2 Å². The Morgan fingerprint density at radius 1 is 1.03 bits per heavy atom. The molecule has 5 rings (SSSR count). The van der Waals surface area contributed by atoms with Crippen molar-refractivity contribution < 1.29 is 14.3 Å². The van der Waals surface area contributed by atoms with E-state index in [1.54, 1.807) is 17.3 Å². The first-order valence-electron chi connectivity index (χ1n) is 11.0. The molecule has 0 radical (unpaired) electrons. The second kappa shape index (κ2) is 9.29. The van der Waals surface area contributed by atoms with Crippen LogP contribution in [-0.4, -0.2) is 59.4 Å². The molecule has 1 amide bonds. The highest BCUT2D eigenvalue weighted by molar-refractivity contribution is 6.30. The minimum Gasteiger partial charge on any atom is -0.506 e. The van der Waals surface area contributed by atoms with Crippen LogP contribution in [0.25, 0.3) is 0 Å². The highest BCUT2D eigenvalue weighted by Gasteiger charge is 2.35. The van der Waals surface area contributed by atoms with Gasteiger partial charge in [0.25, 0.3) is 5.91 Å². The van der Waals surface area contributed by atoms with Crippen molar-refractivity contribution in [2.24, 2.45) is 5.10 Å². The van der Waals surface area contributed by atoms with Crippen molar-refractivity contribution in [1.29, 1.82) is 0 Å². The summed E-state index contributed by atoms with van der Waals surface area (Å²) in [6, 6.07) is 18.3. The number of carbonyl (C=O) groups is 1. The summed E-state index contributed by atoms with van der Waals surface area (Å²) < 4.78 is 5.63.